The Morgan fingerprint density at radius 2 is 2.00 bits per heavy atom. The van der Waals surface area contributed by atoms with Crippen LogP contribution < -0.4 is 11.1 Å². The highest BCUT2D eigenvalue weighted by Crippen LogP contribution is 2.38. The smallest absolute Gasteiger partial charge is 0.227 e. The summed E-state index contributed by atoms with van der Waals surface area (Å²) in [4.78, 5) is 12.0. The molecule has 1 aromatic rings. The molecule has 3 nitrogen and oxygen atoms in total. The van der Waals surface area contributed by atoms with Gasteiger partial charge in [-0.1, -0.05) is 19.1 Å². The lowest BCUT2D eigenvalue weighted by atomic mass is 10.2. The molecule has 0 aliphatic heterocycles. The third-order valence-electron chi connectivity index (χ3n) is 2.88. The van der Waals surface area contributed by atoms with Crippen molar-refractivity contribution in [3.05, 3.63) is 29.8 Å². The molecule has 1 aromatic carbocycles. The molecular weight excluding hydrogens is 220 g/mol. The average Bonchev–Trinajstić information content (AvgIpc) is 2.96. The Balaban J connectivity index is 2.00. The minimum absolute atomic E-state index is 0.107. The van der Waals surface area contributed by atoms with Crippen LogP contribution in [0.3, 0.4) is 0 Å². The van der Waals surface area contributed by atoms with Gasteiger partial charge in [-0.25, -0.2) is 0 Å². The van der Waals surface area contributed by atoms with Crippen molar-refractivity contribution in [2.45, 2.75) is 13.3 Å². The molecule has 0 spiro atoms. The number of hydrogen-bond acceptors (Lipinski definition) is 2. The second-order valence-electron chi connectivity index (χ2n) is 4.25. The third kappa shape index (κ3) is 2.39. The van der Waals surface area contributed by atoms with Gasteiger partial charge in [0.1, 0.15) is 4.99 Å². The topological polar surface area (TPSA) is 55.1 Å². The van der Waals surface area contributed by atoms with Crippen molar-refractivity contribution in [2.75, 3.05) is 5.32 Å². The molecule has 2 unspecified atom stereocenters. The van der Waals surface area contributed by atoms with E-state index in [1.807, 2.05) is 24.3 Å². The van der Waals surface area contributed by atoms with Crippen LogP contribution in [-0.4, -0.2) is 10.9 Å². The predicted octanol–water partition coefficient (Wildman–Crippen LogP) is 1.92. The highest BCUT2D eigenvalue weighted by molar-refractivity contribution is 7.80. The summed E-state index contributed by atoms with van der Waals surface area (Å²) in [5, 5.41) is 2.88. The molecule has 0 saturated heterocycles. The van der Waals surface area contributed by atoms with Crippen LogP contribution in [0.2, 0.25) is 0 Å². The van der Waals surface area contributed by atoms with E-state index in [-0.39, 0.29) is 11.8 Å². The van der Waals surface area contributed by atoms with E-state index in [0.29, 0.717) is 10.9 Å². The number of thiocarbonyl (C=S) groups is 1. The Morgan fingerprint density at radius 3 is 2.44 bits per heavy atom. The first-order valence-corrected chi connectivity index (χ1v) is 5.69. The number of carbonyl (C=O) groups is 1. The zero-order valence-electron chi connectivity index (χ0n) is 9.07. The zero-order valence-corrected chi connectivity index (χ0v) is 9.88. The third-order valence-corrected chi connectivity index (χ3v) is 3.12. The molecule has 4 heteroatoms. The van der Waals surface area contributed by atoms with Crippen molar-refractivity contribution < 1.29 is 4.79 Å². The lowest BCUT2D eigenvalue weighted by molar-refractivity contribution is -0.117. The SMILES string of the molecule is CC1CC1C(=O)Nc1ccc(C(N)=S)cc1. The van der Waals surface area contributed by atoms with E-state index in [9.17, 15) is 4.79 Å². The first-order chi connectivity index (χ1) is 7.58. The van der Waals surface area contributed by atoms with Gasteiger partial charge in [-0.05, 0) is 36.6 Å². The lowest BCUT2D eigenvalue weighted by Gasteiger charge is -2.05. The van der Waals surface area contributed by atoms with Gasteiger partial charge in [0.25, 0.3) is 0 Å². The van der Waals surface area contributed by atoms with Crippen LogP contribution in [0.1, 0.15) is 18.9 Å². The summed E-state index contributed by atoms with van der Waals surface area (Å²) < 4.78 is 0. The van der Waals surface area contributed by atoms with Gasteiger partial charge in [0, 0.05) is 17.2 Å². The number of anilines is 1. The summed E-state index contributed by atoms with van der Waals surface area (Å²) in [7, 11) is 0. The standard InChI is InChI=1S/C12H14N2OS/c1-7-6-10(7)12(15)14-9-4-2-8(3-5-9)11(13)16/h2-5,7,10H,6H2,1H3,(H2,13,16)(H,14,15). The molecule has 0 bridgehead atoms. The van der Waals surface area contributed by atoms with Crippen molar-refractivity contribution in [1.29, 1.82) is 0 Å². The molecule has 2 rings (SSSR count). The highest BCUT2D eigenvalue weighted by Gasteiger charge is 2.38. The zero-order chi connectivity index (χ0) is 11.7. The van der Waals surface area contributed by atoms with E-state index in [1.54, 1.807) is 0 Å². The van der Waals surface area contributed by atoms with Gasteiger partial charge in [0.05, 0.1) is 0 Å². The van der Waals surface area contributed by atoms with Crippen molar-refractivity contribution in [3.8, 4) is 0 Å². The quantitative estimate of drug-likeness (QED) is 0.786. The van der Waals surface area contributed by atoms with E-state index in [2.05, 4.69) is 12.2 Å². The summed E-state index contributed by atoms with van der Waals surface area (Å²) in [5.74, 6) is 0.821. The molecule has 0 heterocycles. The van der Waals surface area contributed by atoms with Gasteiger partial charge >= 0.3 is 0 Å². The molecular formula is C12H14N2OS. The highest BCUT2D eigenvalue weighted by atomic mass is 32.1. The fourth-order valence-corrected chi connectivity index (χ4v) is 1.78. The Morgan fingerprint density at radius 1 is 1.44 bits per heavy atom. The van der Waals surface area contributed by atoms with E-state index >= 15 is 0 Å². The molecule has 1 saturated carbocycles. The van der Waals surface area contributed by atoms with Gasteiger partial charge in [0.2, 0.25) is 5.91 Å². The summed E-state index contributed by atoms with van der Waals surface area (Å²) in [6.07, 6.45) is 0.997. The maximum absolute atomic E-state index is 11.6. The number of benzene rings is 1. The van der Waals surface area contributed by atoms with E-state index in [4.69, 9.17) is 18.0 Å². The van der Waals surface area contributed by atoms with Crippen molar-refractivity contribution in [3.63, 3.8) is 0 Å². The number of nitrogens with one attached hydrogen (secondary N) is 1. The number of amides is 1. The summed E-state index contributed by atoms with van der Waals surface area (Å²) in [6.45, 7) is 2.08. The van der Waals surface area contributed by atoms with Crippen molar-refractivity contribution >= 4 is 28.8 Å². The Kier molecular flexibility index (Phi) is 2.92. The minimum Gasteiger partial charge on any atom is -0.389 e. The lowest BCUT2D eigenvalue weighted by Crippen LogP contribution is -2.15. The predicted molar refractivity (Wildman–Crippen MR) is 68.2 cm³/mol. The van der Waals surface area contributed by atoms with Gasteiger partial charge < -0.3 is 11.1 Å². The largest absolute Gasteiger partial charge is 0.389 e. The Bertz CT molecular complexity index is 427. The monoisotopic (exact) mass is 234 g/mol. The van der Waals surface area contributed by atoms with Crippen LogP contribution in [-0.2, 0) is 4.79 Å². The van der Waals surface area contributed by atoms with Crippen molar-refractivity contribution in [1.82, 2.24) is 0 Å². The summed E-state index contributed by atoms with van der Waals surface area (Å²) in [6, 6.07) is 7.27. The molecule has 0 aromatic heterocycles. The van der Waals surface area contributed by atoms with Crippen LogP contribution in [0.5, 0.6) is 0 Å². The second-order valence-corrected chi connectivity index (χ2v) is 4.69. The van der Waals surface area contributed by atoms with Crippen LogP contribution in [0, 0.1) is 11.8 Å². The first-order valence-electron chi connectivity index (χ1n) is 5.28. The number of nitrogens with two attached hydrogens (primary N) is 1. The van der Waals surface area contributed by atoms with E-state index < -0.39 is 0 Å². The molecule has 1 aliphatic rings. The van der Waals surface area contributed by atoms with Crippen LogP contribution in [0.15, 0.2) is 24.3 Å². The van der Waals surface area contributed by atoms with Crippen LogP contribution in [0.4, 0.5) is 5.69 Å². The summed E-state index contributed by atoms with van der Waals surface area (Å²) in [5.41, 5.74) is 7.09. The minimum atomic E-state index is 0.107. The Hall–Kier alpha value is -1.42. The van der Waals surface area contributed by atoms with Crippen molar-refractivity contribution in [2.24, 2.45) is 17.6 Å². The Labute approximate surface area is 100 Å². The number of hydrogen-bond donors (Lipinski definition) is 2. The summed E-state index contributed by atoms with van der Waals surface area (Å²) >= 11 is 4.85. The molecule has 16 heavy (non-hydrogen) atoms. The maximum Gasteiger partial charge on any atom is 0.227 e. The molecule has 0 radical (unpaired) electrons. The van der Waals surface area contributed by atoms with Gasteiger partial charge in [-0.15, -0.1) is 0 Å². The van der Waals surface area contributed by atoms with Crippen LogP contribution >= 0.6 is 12.2 Å². The average molecular weight is 234 g/mol. The molecule has 84 valence electrons. The van der Waals surface area contributed by atoms with Gasteiger partial charge in [-0.3, -0.25) is 4.79 Å². The van der Waals surface area contributed by atoms with Gasteiger partial charge in [0.15, 0.2) is 0 Å². The van der Waals surface area contributed by atoms with E-state index in [1.165, 1.54) is 0 Å². The molecule has 2 atom stereocenters. The van der Waals surface area contributed by atoms with Gasteiger partial charge in [-0.2, -0.15) is 0 Å². The normalized spacial score (nSPS) is 22.6. The number of carbonyl (C=O) groups excluding carboxylic acids is 1. The molecule has 3 N–H and O–H groups in total. The fraction of sp³-hybridized carbons (Fsp3) is 0.333. The fourth-order valence-electron chi connectivity index (χ4n) is 1.64. The molecule has 1 aliphatic carbocycles. The molecule has 1 fully saturated rings. The van der Waals surface area contributed by atoms with E-state index in [0.717, 1.165) is 17.7 Å². The number of rotatable bonds is 3. The first kappa shape index (κ1) is 11.1. The van der Waals surface area contributed by atoms with Crippen LogP contribution in [0.25, 0.3) is 0 Å². The second kappa shape index (κ2) is 4.22. The molecule has 1 amide bonds. The maximum atomic E-state index is 11.6.